The van der Waals surface area contributed by atoms with Gasteiger partial charge in [-0.05, 0) is 40.2 Å². The smallest absolute Gasteiger partial charge is 0.335 e. The van der Waals surface area contributed by atoms with E-state index in [-0.39, 0.29) is 5.57 Å². The molecule has 2 fully saturated rings. The predicted molar refractivity (Wildman–Crippen MR) is 113 cm³/mol. The molecule has 1 aromatic heterocycles. The molecule has 2 aromatic rings. The topological polar surface area (TPSA) is 92.1 Å². The summed E-state index contributed by atoms with van der Waals surface area (Å²) >= 11 is 6.77. The van der Waals surface area contributed by atoms with Crippen molar-refractivity contribution in [2.75, 3.05) is 36.1 Å². The molecule has 0 atom stereocenters. The lowest BCUT2D eigenvalue weighted by Gasteiger charge is -2.27. The van der Waals surface area contributed by atoms with E-state index >= 15 is 0 Å². The van der Waals surface area contributed by atoms with Gasteiger partial charge >= 0.3 is 6.03 Å². The summed E-state index contributed by atoms with van der Waals surface area (Å²) in [4.78, 5) is 40.5. The van der Waals surface area contributed by atoms with Gasteiger partial charge in [-0.3, -0.25) is 14.9 Å². The standard InChI is InChI=1S/C19H15Br2N3O5/c20-11-2-1-3-12(8-11)24-17(26)14(16(25)22-19(24)27)9-13-10-15(21)18(29-13)23-4-6-28-7-5-23/h1-3,8-10H,4-7H2,(H,22,25,27)/b14-9-. The first-order chi connectivity index (χ1) is 13.9. The largest absolute Gasteiger partial charge is 0.440 e. The molecule has 150 valence electrons. The third kappa shape index (κ3) is 4.00. The van der Waals surface area contributed by atoms with Crippen LogP contribution >= 0.6 is 31.9 Å². The van der Waals surface area contributed by atoms with Crippen LogP contribution in [0.1, 0.15) is 5.76 Å². The summed E-state index contributed by atoms with van der Waals surface area (Å²) in [5, 5.41) is 2.20. The molecule has 10 heteroatoms. The summed E-state index contributed by atoms with van der Waals surface area (Å²) in [5.41, 5.74) is 0.147. The monoisotopic (exact) mass is 523 g/mol. The number of carbonyl (C=O) groups excluding carboxylic acids is 3. The van der Waals surface area contributed by atoms with E-state index in [0.717, 1.165) is 4.90 Å². The molecule has 2 aliphatic heterocycles. The quantitative estimate of drug-likeness (QED) is 0.489. The van der Waals surface area contributed by atoms with Crippen molar-refractivity contribution in [3.05, 3.63) is 50.6 Å². The van der Waals surface area contributed by atoms with Crippen LogP contribution in [0.15, 0.2) is 49.3 Å². The molecule has 4 rings (SSSR count). The summed E-state index contributed by atoms with van der Waals surface area (Å²) in [5.74, 6) is -0.576. The molecule has 8 nitrogen and oxygen atoms in total. The van der Waals surface area contributed by atoms with Crippen LogP contribution in [0.25, 0.3) is 6.08 Å². The molecule has 0 aliphatic carbocycles. The number of nitrogens with one attached hydrogen (secondary N) is 1. The molecule has 1 aromatic carbocycles. The molecule has 1 N–H and O–H groups in total. The van der Waals surface area contributed by atoms with Gasteiger partial charge in [0.15, 0.2) is 0 Å². The van der Waals surface area contributed by atoms with Gasteiger partial charge in [0.1, 0.15) is 11.3 Å². The lowest BCUT2D eigenvalue weighted by atomic mass is 10.1. The van der Waals surface area contributed by atoms with Crippen LogP contribution in [0.2, 0.25) is 0 Å². The van der Waals surface area contributed by atoms with Crippen LogP contribution < -0.4 is 15.1 Å². The van der Waals surface area contributed by atoms with Crippen molar-refractivity contribution in [1.82, 2.24) is 5.32 Å². The number of rotatable bonds is 3. The minimum Gasteiger partial charge on any atom is -0.440 e. The highest BCUT2D eigenvalue weighted by Gasteiger charge is 2.37. The number of anilines is 2. The number of nitrogens with zero attached hydrogens (tertiary/aromatic N) is 2. The number of furan rings is 1. The zero-order valence-electron chi connectivity index (χ0n) is 15.0. The van der Waals surface area contributed by atoms with Gasteiger partial charge < -0.3 is 14.1 Å². The van der Waals surface area contributed by atoms with Crippen molar-refractivity contribution >= 4 is 67.4 Å². The summed E-state index contributed by atoms with van der Waals surface area (Å²) in [7, 11) is 0. The Kier molecular flexibility index (Phi) is 5.57. The molecular weight excluding hydrogens is 510 g/mol. The van der Waals surface area contributed by atoms with Crippen molar-refractivity contribution in [3.63, 3.8) is 0 Å². The van der Waals surface area contributed by atoms with E-state index in [1.165, 1.54) is 6.08 Å². The maximum atomic E-state index is 12.9. The number of imide groups is 2. The van der Waals surface area contributed by atoms with Gasteiger partial charge in [0.25, 0.3) is 11.8 Å². The second-order valence-electron chi connectivity index (χ2n) is 6.34. The first-order valence-electron chi connectivity index (χ1n) is 8.73. The molecule has 29 heavy (non-hydrogen) atoms. The first-order valence-corrected chi connectivity index (χ1v) is 10.3. The van der Waals surface area contributed by atoms with Crippen molar-refractivity contribution < 1.29 is 23.5 Å². The summed E-state index contributed by atoms with van der Waals surface area (Å²) < 4.78 is 12.6. The molecule has 0 radical (unpaired) electrons. The first kappa shape index (κ1) is 19.9. The van der Waals surface area contributed by atoms with Crippen molar-refractivity contribution in [2.45, 2.75) is 0 Å². The fourth-order valence-electron chi connectivity index (χ4n) is 3.08. The van der Waals surface area contributed by atoms with Crippen LogP contribution in [0.4, 0.5) is 16.4 Å². The fraction of sp³-hybridized carbons (Fsp3) is 0.211. The van der Waals surface area contributed by atoms with E-state index in [2.05, 4.69) is 37.2 Å². The molecule has 4 amide bonds. The Morgan fingerprint density at radius 1 is 1.07 bits per heavy atom. The number of amides is 4. The third-order valence-electron chi connectivity index (χ3n) is 4.44. The maximum Gasteiger partial charge on any atom is 0.335 e. The van der Waals surface area contributed by atoms with E-state index in [1.54, 1.807) is 30.3 Å². The van der Waals surface area contributed by atoms with E-state index in [0.29, 0.717) is 52.6 Å². The molecular formula is C19H15Br2N3O5. The highest BCUT2D eigenvalue weighted by molar-refractivity contribution is 9.10. The molecule has 2 aliphatic rings. The number of barbiturate groups is 1. The van der Waals surface area contributed by atoms with E-state index in [9.17, 15) is 14.4 Å². The number of hydrogen-bond acceptors (Lipinski definition) is 6. The van der Waals surface area contributed by atoms with Crippen LogP contribution in [0, 0.1) is 0 Å². The lowest BCUT2D eigenvalue weighted by molar-refractivity contribution is -0.122. The normalized spacial score (nSPS) is 19.1. The Hall–Kier alpha value is -2.43. The molecule has 0 unspecified atom stereocenters. The second kappa shape index (κ2) is 8.13. The Morgan fingerprint density at radius 2 is 1.83 bits per heavy atom. The van der Waals surface area contributed by atoms with Crippen LogP contribution in [-0.2, 0) is 14.3 Å². The molecule has 2 saturated heterocycles. The van der Waals surface area contributed by atoms with Crippen molar-refractivity contribution in [2.24, 2.45) is 0 Å². The average molecular weight is 525 g/mol. The average Bonchev–Trinajstić information content (AvgIpc) is 3.06. The maximum absolute atomic E-state index is 12.9. The minimum atomic E-state index is -0.801. The van der Waals surface area contributed by atoms with Crippen molar-refractivity contribution in [1.29, 1.82) is 0 Å². The van der Waals surface area contributed by atoms with Gasteiger partial charge in [-0.25, -0.2) is 9.69 Å². The Labute approximate surface area is 182 Å². The van der Waals surface area contributed by atoms with E-state index < -0.39 is 17.8 Å². The Morgan fingerprint density at radius 3 is 2.55 bits per heavy atom. The number of ether oxygens (including phenoxy) is 1. The lowest BCUT2D eigenvalue weighted by Crippen LogP contribution is -2.54. The Balaban J connectivity index is 1.66. The summed E-state index contributed by atoms with van der Waals surface area (Å²) in [6.45, 7) is 2.53. The zero-order valence-corrected chi connectivity index (χ0v) is 18.2. The number of hydrogen-bond donors (Lipinski definition) is 1. The van der Waals surface area contributed by atoms with Gasteiger partial charge in [0, 0.05) is 23.6 Å². The highest BCUT2D eigenvalue weighted by Crippen LogP contribution is 2.32. The number of morpholine rings is 1. The number of benzene rings is 1. The fourth-order valence-corrected chi connectivity index (χ4v) is 4.02. The molecule has 0 bridgehead atoms. The van der Waals surface area contributed by atoms with Gasteiger partial charge in [0.2, 0.25) is 5.88 Å². The SMILES string of the molecule is O=C1NC(=O)N(c2cccc(Br)c2)C(=O)/C1=C\c1cc(Br)c(N2CCOCC2)o1. The number of halogens is 2. The van der Waals surface area contributed by atoms with Crippen LogP contribution in [0.3, 0.4) is 0 Å². The summed E-state index contributed by atoms with van der Waals surface area (Å²) in [6, 6.07) is 7.56. The molecule has 3 heterocycles. The zero-order chi connectivity index (χ0) is 20.5. The predicted octanol–water partition coefficient (Wildman–Crippen LogP) is 3.31. The highest BCUT2D eigenvalue weighted by atomic mass is 79.9. The third-order valence-corrected chi connectivity index (χ3v) is 5.50. The van der Waals surface area contributed by atoms with Gasteiger partial charge in [0.05, 0.1) is 23.4 Å². The van der Waals surface area contributed by atoms with Gasteiger partial charge in [-0.1, -0.05) is 22.0 Å². The van der Waals surface area contributed by atoms with E-state index in [1.807, 2.05) is 4.90 Å². The van der Waals surface area contributed by atoms with Crippen LogP contribution in [-0.4, -0.2) is 44.1 Å². The number of carbonyl (C=O) groups is 3. The number of urea groups is 1. The van der Waals surface area contributed by atoms with E-state index in [4.69, 9.17) is 9.15 Å². The van der Waals surface area contributed by atoms with Gasteiger partial charge in [-0.2, -0.15) is 0 Å². The van der Waals surface area contributed by atoms with Crippen LogP contribution in [0.5, 0.6) is 0 Å². The summed E-state index contributed by atoms with van der Waals surface area (Å²) in [6.07, 6.45) is 1.34. The molecule has 0 spiro atoms. The van der Waals surface area contributed by atoms with Crippen molar-refractivity contribution in [3.8, 4) is 0 Å². The van der Waals surface area contributed by atoms with Gasteiger partial charge in [-0.15, -0.1) is 0 Å². The second-order valence-corrected chi connectivity index (χ2v) is 8.11. The Bertz CT molecular complexity index is 1030. The minimum absolute atomic E-state index is 0.195. The molecule has 0 saturated carbocycles.